The number of carbonyl (C=O) groups excluding carboxylic acids is 1. The van der Waals surface area contributed by atoms with Crippen molar-refractivity contribution in [1.82, 2.24) is 5.32 Å². The fourth-order valence-corrected chi connectivity index (χ4v) is 1.96. The largest absolute Gasteiger partial charge is 0.453 e. The van der Waals surface area contributed by atoms with Crippen LogP contribution >= 0.6 is 15.9 Å². The van der Waals surface area contributed by atoms with Gasteiger partial charge in [-0.3, -0.25) is 4.79 Å². The molecule has 0 bridgehead atoms. The smallest absolute Gasteiger partial charge is 0.254 e. The van der Waals surface area contributed by atoms with Crippen molar-refractivity contribution in [3.8, 4) is 11.5 Å². The fourth-order valence-electron chi connectivity index (χ4n) is 1.62. The summed E-state index contributed by atoms with van der Waals surface area (Å²) in [5.41, 5.74) is 6.37. The molecule has 20 heavy (non-hydrogen) atoms. The van der Waals surface area contributed by atoms with Gasteiger partial charge in [0, 0.05) is 23.3 Å². The molecule has 104 valence electrons. The summed E-state index contributed by atoms with van der Waals surface area (Å²) in [5.74, 6) is -0.656. The van der Waals surface area contributed by atoms with E-state index >= 15 is 0 Å². The highest BCUT2D eigenvalue weighted by Gasteiger charge is 2.14. The predicted octanol–water partition coefficient (Wildman–Crippen LogP) is 3.32. The van der Waals surface area contributed by atoms with E-state index in [2.05, 4.69) is 21.2 Å². The molecule has 0 saturated carbocycles. The topological polar surface area (TPSA) is 64.4 Å². The molecule has 4 nitrogen and oxygen atoms in total. The van der Waals surface area contributed by atoms with E-state index in [4.69, 9.17) is 10.5 Å². The van der Waals surface area contributed by atoms with Gasteiger partial charge in [0.2, 0.25) is 0 Å². The first-order valence-electron chi connectivity index (χ1n) is 5.76. The van der Waals surface area contributed by atoms with Crippen molar-refractivity contribution in [1.29, 1.82) is 0 Å². The van der Waals surface area contributed by atoms with Crippen molar-refractivity contribution >= 4 is 27.5 Å². The number of carbonyl (C=O) groups is 1. The summed E-state index contributed by atoms with van der Waals surface area (Å²) < 4.78 is 19.8. The number of nitrogens with two attached hydrogens (primary N) is 1. The van der Waals surface area contributed by atoms with E-state index in [1.165, 1.54) is 31.3 Å². The van der Waals surface area contributed by atoms with Crippen LogP contribution in [-0.4, -0.2) is 13.0 Å². The zero-order chi connectivity index (χ0) is 14.7. The molecule has 0 fully saturated rings. The number of nitrogens with one attached hydrogen (secondary N) is 1. The van der Waals surface area contributed by atoms with E-state index in [0.717, 1.165) is 0 Å². The molecule has 0 aliphatic rings. The fraction of sp³-hybridized carbons (Fsp3) is 0.0714. The third-order valence-corrected chi connectivity index (χ3v) is 3.08. The number of amides is 1. The first kappa shape index (κ1) is 14.3. The normalized spacial score (nSPS) is 10.2. The van der Waals surface area contributed by atoms with Crippen LogP contribution in [0.15, 0.2) is 40.9 Å². The lowest BCUT2D eigenvalue weighted by Gasteiger charge is -2.12. The molecule has 0 heterocycles. The average Bonchev–Trinajstić information content (AvgIpc) is 2.41. The van der Waals surface area contributed by atoms with E-state index in [1.54, 1.807) is 12.1 Å². The van der Waals surface area contributed by atoms with Crippen LogP contribution in [0.5, 0.6) is 11.5 Å². The molecule has 1 amide bonds. The minimum Gasteiger partial charge on any atom is -0.453 e. The molecule has 0 aliphatic carbocycles. The maximum Gasteiger partial charge on any atom is 0.254 e. The highest BCUT2D eigenvalue weighted by molar-refractivity contribution is 9.10. The van der Waals surface area contributed by atoms with Gasteiger partial charge in [-0.05, 0) is 30.3 Å². The van der Waals surface area contributed by atoms with Crippen LogP contribution < -0.4 is 15.8 Å². The van der Waals surface area contributed by atoms with Crippen molar-refractivity contribution in [2.24, 2.45) is 0 Å². The third-order valence-electron chi connectivity index (χ3n) is 2.59. The van der Waals surface area contributed by atoms with Gasteiger partial charge < -0.3 is 15.8 Å². The van der Waals surface area contributed by atoms with Crippen LogP contribution in [0.2, 0.25) is 0 Å². The molecule has 3 N–H and O–H groups in total. The van der Waals surface area contributed by atoms with Crippen molar-refractivity contribution in [2.75, 3.05) is 12.8 Å². The average molecular weight is 339 g/mol. The first-order valence-corrected chi connectivity index (χ1v) is 6.55. The standard InChI is InChI=1S/C14H12BrFN2O2/c1-18-14(19)10-4-3-9(17)7-13(10)20-12-5-2-8(15)6-11(12)16/h2-7H,17H2,1H3,(H,18,19). The summed E-state index contributed by atoms with van der Waals surface area (Å²) >= 11 is 3.16. The number of halogens is 2. The summed E-state index contributed by atoms with van der Waals surface area (Å²) in [7, 11) is 1.50. The van der Waals surface area contributed by atoms with Gasteiger partial charge in [0.05, 0.1) is 5.56 Å². The zero-order valence-corrected chi connectivity index (χ0v) is 12.2. The molecular formula is C14H12BrFN2O2. The van der Waals surface area contributed by atoms with Crippen LogP contribution in [0.1, 0.15) is 10.4 Å². The summed E-state index contributed by atoms with van der Waals surface area (Å²) in [5, 5.41) is 2.49. The Morgan fingerprint density at radius 3 is 2.65 bits per heavy atom. The molecule has 2 aromatic carbocycles. The zero-order valence-electron chi connectivity index (χ0n) is 10.6. The lowest BCUT2D eigenvalue weighted by atomic mass is 10.1. The van der Waals surface area contributed by atoms with Crippen LogP contribution in [-0.2, 0) is 0 Å². The molecule has 2 rings (SSSR count). The molecule has 2 aromatic rings. The van der Waals surface area contributed by atoms with Crippen molar-refractivity contribution < 1.29 is 13.9 Å². The van der Waals surface area contributed by atoms with E-state index in [9.17, 15) is 9.18 Å². The molecule has 0 aromatic heterocycles. The number of rotatable bonds is 3. The van der Waals surface area contributed by atoms with Gasteiger partial charge in [-0.1, -0.05) is 15.9 Å². The SMILES string of the molecule is CNC(=O)c1ccc(N)cc1Oc1ccc(Br)cc1F. The lowest BCUT2D eigenvalue weighted by molar-refractivity contribution is 0.0960. The number of hydrogen-bond donors (Lipinski definition) is 2. The molecule has 0 spiro atoms. The van der Waals surface area contributed by atoms with Gasteiger partial charge in [-0.15, -0.1) is 0 Å². The number of hydrogen-bond acceptors (Lipinski definition) is 3. The second-order valence-electron chi connectivity index (χ2n) is 4.01. The number of benzene rings is 2. The lowest BCUT2D eigenvalue weighted by Crippen LogP contribution is -2.18. The summed E-state index contributed by atoms with van der Waals surface area (Å²) in [6, 6.07) is 8.98. The van der Waals surface area contributed by atoms with Crippen molar-refractivity contribution in [2.45, 2.75) is 0 Å². The molecule has 0 atom stereocenters. The Bertz CT molecular complexity index is 662. The first-order chi connectivity index (χ1) is 9.51. The number of ether oxygens (including phenoxy) is 1. The molecule has 0 saturated heterocycles. The van der Waals surface area contributed by atoms with E-state index in [-0.39, 0.29) is 23.0 Å². The van der Waals surface area contributed by atoms with Gasteiger partial charge in [0.25, 0.3) is 5.91 Å². The Balaban J connectivity index is 2.41. The van der Waals surface area contributed by atoms with E-state index in [1.807, 2.05) is 0 Å². The van der Waals surface area contributed by atoms with Crippen LogP contribution in [0.4, 0.5) is 10.1 Å². The minimum absolute atomic E-state index is 0.0175. The van der Waals surface area contributed by atoms with Gasteiger partial charge in [-0.25, -0.2) is 4.39 Å². The second kappa shape index (κ2) is 5.92. The Labute approximate surface area is 123 Å². The maximum absolute atomic E-state index is 13.8. The Kier molecular flexibility index (Phi) is 4.24. The Morgan fingerprint density at radius 1 is 1.25 bits per heavy atom. The Hall–Kier alpha value is -2.08. The summed E-state index contributed by atoms with van der Waals surface area (Å²) in [6.07, 6.45) is 0. The van der Waals surface area contributed by atoms with Crippen LogP contribution in [0.25, 0.3) is 0 Å². The quantitative estimate of drug-likeness (QED) is 0.843. The van der Waals surface area contributed by atoms with Gasteiger partial charge in [0.15, 0.2) is 11.6 Å². The molecule has 0 radical (unpaired) electrons. The minimum atomic E-state index is -0.537. The predicted molar refractivity (Wildman–Crippen MR) is 78.4 cm³/mol. The van der Waals surface area contributed by atoms with E-state index < -0.39 is 5.82 Å². The summed E-state index contributed by atoms with van der Waals surface area (Å²) in [6.45, 7) is 0. The van der Waals surface area contributed by atoms with Gasteiger partial charge in [-0.2, -0.15) is 0 Å². The van der Waals surface area contributed by atoms with Crippen LogP contribution in [0.3, 0.4) is 0 Å². The molecule has 6 heteroatoms. The van der Waals surface area contributed by atoms with Gasteiger partial charge >= 0.3 is 0 Å². The van der Waals surface area contributed by atoms with Crippen LogP contribution in [0, 0.1) is 5.82 Å². The highest BCUT2D eigenvalue weighted by atomic mass is 79.9. The van der Waals surface area contributed by atoms with Gasteiger partial charge in [0.1, 0.15) is 5.75 Å². The highest BCUT2D eigenvalue weighted by Crippen LogP contribution is 2.30. The number of anilines is 1. The monoisotopic (exact) mass is 338 g/mol. The number of nitrogen functional groups attached to an aromatic ring is 1. The second-order valence-corrected chi connectivity index (χ2v) is 4.93. The summed E-state index contributed by atoms with van der Waals surface area (Å²) in [4.78, 5) is 11.7. The molecule has 0 aliphatic heterocycles. The van der Waals surface area contributed by atoms with Crippen molar-refractivity contribution in [3.05, 3.63) is 52.3 Å². The van der Waals surface area contributed by atoms with Crippen molar-refractivity contribution in [3.63, 3.8) is 0 Å². The molecule has 0 unspecified atom stereocenters. The van der Waals surface area contributed by atoms with E-state index in [0.29, 0.717) is 10.2 Å². The maximum atomic E-state index is 13.8. The molecular weight excluding hydrogens is 327 g/mol. The Morgan fingerprint density at radius 2 is 2.00 bits per heavy atom. The third kappa shape index (κ3) is 3.08.